The molecule has 4 rings (SSSR count). The van der Waals surface area contributed by atoms with E-state index in [1.54, 1.807) is 42.7 Å². The molecular formula is C18H18ClN3O2. The summed E-state index contributed by atoms with van der Waals surface area (Å²) in [7, 11) is 0. The minimum Gasteiger partial charge on any atom is -0.456 e. The Labute approximate surface area is 145 Å². The van der Waals surface area contributed by atoms with Gasteiger partial charge in [0.25, 0.3) is 5.91 Å². The van der Waals surface area contributed by atoms with Gasteiger partial charge in [-0.15, -0.1) is 0 Å². The maximum Gasteiger partial charge on any atom is 0.251 e. The number of amides is 1. The Kier molecular flexibility index (Phi) is 4.12. The zero-order chi connectivity index (χ0) is 16.5. The monoisotopic (exact) mass is 343 g/mol. The normalized spacial score (nSPS) is 24.8. The quantitative estimate of drug-likeness (QED) is 0.895. The molecule has 1 saturated heterocycles. The van der Waals surface area contributed by atoms with E-state index >= 15 is 0 Å². The maximum atomic E-state index is 12.4. The maximum absolute atomic E-state index is 12.4. The molecule has 5 nitrogen and oxygen atoms in total. The van der Waals surface area contributed by atoms with Crippen LogP contribution in [-0.2, 0) is 0 Å². The fourth-order valence-corrected chi connectivity index (χ4v) is 3.69. The molecule has 2 N–H and O–H groups in total. The van der Waals surface area contributed by atoms with Crippen molar-refractivity contribution < 1.29 is 9.53 Å². The van der Waals surface area contributed by atoms with E-state index in [4.69, 9.17) is 16.3 Å². The van der Waals surface area contributed by atoms with Gasteiger partial charge in [-0.1, -0.05) is 11.6 Å². The van der Waals surface area contributed by atoms with Gasteiger partial charge in [-0.25, -0.2) is 0 Å². The number of nitrogens with zero attached hydrogens (tertiary/aromatic N) is 1. The lowest BCUT2D eigenvalue weighted by Gasteiger charge is -2.24. The molecule has 24 heavy (non-hydrogen) atoms. The van der Waals surface area contributed by atoms with Gasteiger partial charge in [-0.05, 0) is 49.6 Å². The lowest BCUT2D eigenvalue weighted by Crippen LogP contribution is -2.47. The molecule has 1 saturated carbocycles. The number of hydrogen-bond donors (Lipinski definition) is 2. The third-order valence-corrected chi connectivity index (χ3v) is 4.88. The Morgan fingerprint density at radius 1 is 1.21 bits per heavy atom. The predicted octanol–water partition coefficient (Wildman–Crippen LogP) is 3.01. The molecule has 1 aliphatic carbocycles. The summed E-state index contributed by atoms with van der Waals surface area (Å²) in [6, 6.07) is 9.44. The number of ether oxygens (including phenoxy) is 1. The number of halogens is 1. The van der Waals surface area contributed by atoms with Crippen LogP contribution in [0.2, 0.25) is 5.02 Å². The molecule has 1 amide bonds. The molecule has 2 heterocycles. The standard InChI is InChI=1S/C18H18ClN3O2/c19-13-7-15(10-20-9-13)24-14-3-1-12(2-4-14)18(23)22-17-6-11-5-16(17)21-8-11/h1-4,7,9-11,16-17,21H,5-6,8H2,(H,22,23). The molecule has 2 aliphatic rings. The van der Waals surface area contributed by atoms with Crippen LogP contribution in [0.25, 0.3) is 0 Å². The summed E-state index contributed by atoms with van der Waals surface area (Å²) in [6.07, 6.45) is 5.39. The number of pyridine rings is 1. The summed E-state index contributed by atoms with van der Waals surface area (Å²) < 4.78 is 5.68. The summed E-state index contributed by atoms with van der Waals surface area (Å²) in [5.41, 5.74) is 0.634. The largest absolute Gasteiger partial charge is 0.456 e. The second kappa shape index (κ2) is 6.42. The van der Waals surface area contributed by atoms with Crippen LogP contribution in [0, 0.1) is 5.92 Å². The third kappa shape index (κ3) is 3.23. The van der Waals surface area contributed by atoms with Crippen molar-refractivity contribution in [1.29, 1.82) is 0 Å². The van der Waals surface area contributed by atoms with Crippen LogP contribution in [0.3, 0.4) is 0 Å². The van der Waals surface area contributed by atoms with Crippen LogP contribution in [0.15, 0.2) is 42.7 Å². The summed E-state index contributed by atoms with van der Waals surface area (Å²) >= 11 is 5.89. The molecule has 124 valence electrons. The number of carbonyl (C=O) groups is 1. The molecule has 6 heteroatoms. The van der Waals surface area contributed by atoms with E-state index in [-0.39, 0.29) is 11.9 Å². The average Bonchev–Trinajstić information content (AvgIpc) is 3.18. The molecule has 2 aromatic rings. The van der Waals surface area contributed by atoms with E-state index in [0.717, 1.165) is 13.0 Å². The van der Waals surface area contributed by atoms with Gasteiger partial charge in [0.15, 0.2) is 0 Å². The van der Waals surface area contributed by atoms with Crippen molar-refractivity contribution in [1.82, 2.24) is 15.6 Å². The van der Waals surface area contributed by atoms with Crippen LogP contribution in [0.4, 0.5) is 0 Å². The third-order valence-electron chi connectivity index (χ3n) is 4.68. The number of piperidine rings is 1. The van der Waals surface area contributed by atoms with E-state index in [9.17, 15) is 4.79 Å². The van der Waals surface area contributed by atoms with Gasteiger partial charge in [-0.3, -0.25) is 9.78 Å². The highest BCUT2D eigenvalue weighted by Crippen LogP contribution is 2.31. The van der Waals surface area contributed by atoms with Crippen molar-refractivity contribution in [2.75, 3.05) is 6.54 Å². The van der Waals surface area contributed by atoms with Gasteiger partial charge in [-0.2, -0.15) is 0 Å². The summed E-state index contributed by atoms with van der Waals surface area (Å²) in [5.74, 6) is 1.87. The highest BCUT2D eigenvalue weighted by Gasteiger charge is 2.39. The first kappa shape index (κ1) is 15.4. The zero-order valence-corrected chi connectivity index (χ0v) is 13.8. The second-order valence-electron chi connectivity index (χ2n) is 6.40. The first-order valence-electron chi connectivity index (χ1n) is 8.10. The summed E-state index contributed by atoms with van der Waals surface area (Å²) in [4.78, 5) is 16.4. The van der Waals surface area contributed by atoms with Gasteiger partial charge >= 0.3 is 0 Å². The fraction of sp³-hybridized carbons (Fsp3) is 0.333. The first-order valence-corrected chi connectivity index (χ1v) is 8.48. The highest BCUT2D eigenvalue weighted by atomic mass is 35.5. The van der Waals surface area contributed by atoms with Gasteiger partial charge in [0.2, 0.25) is 0 Å². The van der Waals surface area contributed by atoms with Gasteiger partial charge < -0.3 is 15.4 Å². The van der Waals surface area contributed by atoms with E-state index in [2.05, 4.69) is 15.6 Å². The van der Waals surface area contributed by atoms with Crippen LogP contribution < -0.4 is 15.4 Å². The smallest absolute Gasteiger partial charge is 0.251 e. The van der Waals surface area contributed by atoms with Crippen molar-refractivity contribution in [3.05, 3.63) is 53.3 Å². The molecule has 3 atom stereocenters. The van der Waals surface area contributed by atoms with E-state index in [1.807, 2.05) is 0 Å². The summed E-state index contributed by atoms with van der Waals surface area (Å²) in [6.45, 7) is 1.08. The first-order chi connectivity index (χ1) is 11.7. The van der Waals surface area contributed by atoms with Crippen LogP contribution in [0.1, 0.15) is 23.2 Å². The van der Waals surface area contributed by atoms with Gasteiger partial charge in [0.1, 0.15) is 11.5 Å². The van der Waals surface area contributed by atoms with Crippen molar-refractivity contribution in [3.63, 3.8) is 0 Å². The van der Waals surface area contributed by atoms with Crippen LogP contribution in [-0.4, -0.2) is 29.5 Å². The molecule has 1 aromatic heterocycles. The number of fused-ring (bicyclic) bond motifs is 2. The number of rotatable bonds is 4. The fourth-order valence-electron chi connectivity index (χ4n) is 3.52. The Hall–Kier alpha value is -2.11. The number of benzene rings is 1. The Morgan fingerprint density at radius 3 is 2.71 bits per heavy atom. The molecule has 2 bridgehead atoms. The topological polar surface area (TPSA) is 63.2 Å². The van der Waals surface area contributed by atoms with E-state index in [0.29, 0.717) is 34.0 Å². The van der Waals surface area contributed by atoms with Crippen molar-refractivity contribution >= 4 is 17.5 Å². The number of nitrogens with one attached hydrogen (secondary N) is 2. The van der Waals surface area contributed by atoms with Crippen LogP contribution in [0.5, 0.6) is 11.5 Å². The minimum absolute atomic E-state index is 0.0367. The molecule has 0 radical (unpaired) electrons. The SMILES string of the molecule is O=C(NC1CC2CNC1C2)c1ccc(Oc2cncc(Cl)c2)cc1. The van der Waals surface area contributed by atoms with E-state index < -0.39 is 0 Å². The highest BCUT2D eigenvalue weighted by molar-refractivity contribution is 6.30. The lowest BCUT2D eigenvalue weighted by atomic mass is 10.1. The average molecular weight is 344 g/mol. The zero-order valence-electron chi connectivity index (χ0n) is 13.0. The molecule has 3 unspecified atom stereocenters. The molecular weight excluding hydrogens is 326 g/mol. The molecule has 2 fully saturated rings. The lowest BCUT2D eigenvalue weighted by molar-refractivity contribution is 0.0928. The number of carbonyl (C=O) groups excluding carboxylic acids is 1. The van der Waals surface area contributed by atoms with Gasteiger partial charge in [0.05, 0.1) is 11.2 Å². The Morgan fingerprint density at radius 2 is 2.04 bits per heavy atom. The Balaban J connectivity index is 1.39. The number of hydrogen-bond acceptors (Lipinski definition) is 4. The Bertz CT molecular complexity index is 750. The van der Waals surface area contributed by atoms with Crippen molar-refractivity contribution in [2.24, 2.45) is 5.92 Å². The predicted molar refractivity (Wildman–Crippen MR) is 91.5 cm³/mol. The van der Waals surface area contributed by atoms with Crippen molar-refractivity contribution in [3.8, 4) is 11.5 Å². The molecule has 1 aliphatic heterocycles. The summed E-state index contributed by atoms with van der Waals surface area (Å²) in [5, 5.41) is 7.10. The van der Waals surface area contributed by atoms with E-state index in [1.165, 1.54) is 6.42 Å². The van der Waals surface area contributed by atoms with Gasteiger partial charge in [0, 0.05) is 29.9 Å². The minimum atomic E-state index is -0.0367. The molecule has 0 spiro atoms. The van der Waals surface area contributed by atoms with Crippen molar-refractivity contribution in [2.45, 2.75) is 24.9 Å². The second-order valence-corrected chi connectivity index (χ2v) is 6.83. The molecule has 1 aromatic carbocycles. The number of aromatic nitrogens is 1. The van der Waals surface area contributed by atoms with Crippen LogP contribution >= 0.6 is 11.6 Å².